The number of nitrogens with zero attached hydrogens (tertiary/aromatic N) is 5. The Morgan fingerprint density at radius 1 is 1.21 bits per heavy atom. The smallest absolute Gasteiger partial charge is 0.191 e. The second kappa shape index (κ2) is 11.9. The first-order chi connectivity index (χ1) is 13.6. The van der Waals surface area contributed by atoms with Gasteiger partial charge in [0.2, 0.25) is 0 Å². The Bertz CT molecular complexity index is 886. The van der Waals surface area contributed by atoms with Crippen LogP contribution in [0.4, 0.5) is 0 Å². The van der Waals surface area contributed by atoms with E-state index in [9.17, 15) is 0 Å². The molecule has 0 aliphatic heterocycles. The number of guanidine groups is 1. The highest BCUT2D eigenvalue weighted by Crippen LogP contribution is 2.16. The van der Waals surface area contributed by atoms with Crippen LogP contribution in [0.15, 0.2) is 41.9 Å². The Hall–Kier alpha value is -2.01. The van der Waals surface area contributed by atoms with Crippen LogP contribution in [0.2, 0.25) is 0 Å². The molecule has 9 heteroatoms. The highest BCUT2D eigenvalue weighted by Gasteiger charge is 2.04. The van der Waals surface area contributed by atoms with Crippen LogP contribution in [0.25, 0.3) is 0 Å². The van der Waals surface area contributed by atoms with E-state index in [0.29, 0.717) is 13.1 Å². The van der Waals surface area contributed by atoms with Gasteiger partial charge in [0.25, 0.3) is 0 Å². The molecule has 2 N–H and O–H groups in total. The lowest BCUT2D eigenvalue weighted by Crippen LogP contribution is -2.38. The van der Waals surface area contributed by atoms with Gasteiger partial charge >= 0.3 is 0 Å². The van der Waals surface area contributed by atoms with Crippen molar-refractivity contribution in [3.05, 3.63) is 63.6 Å². The van der Waals surface area contributed by atoms with Crippen LogP contribution < -0.4 is 10.6 Å². The Labute approximate surface area is 193 Å². The first-order valence-corrected chi connectivity index (χ1v) is 10.3. The monoisotopic (exact) mass is 525 g/mol. The molecule has 3 rings (SSSR count). The molecule has 7 nitrogen and oxygen atoms in total. The molecule has 2 heterocycles. The lowest BCUT2D eigenvalue weighted by atomic mass is 10.1. The molecule has 0 fully saturated rings. The molecule has 156 valence electrons. The van der Waals surface area contributed by atoms with Crippen molar-refractivity contribution in [2.75, 3.05) is 13.1 Å². The maximum atomic E-state index is 4.72. The number of aromatic nitrogens is 4. The number of halogens is 1. The maximum absolute atomic E-state index is 4.72. The highest BCUT2D eigenvalue weighted by molar-refractivity contribution is 14.0. The molecular weight excluding hydrogens is 497 g/mol. The number of hydrogen-bond donors (Lipinski definition) is 2. The average Bonchev–Trinajstić information content (AvgIpc) is 3.30. The van der Waals surface area contributed by atoms with Gasteiger partial charge in [-0.15, -0.1) is 35.3 Å². The zero-order chi connectivity index (χ0) is 19.8. The standard InChI is InChI=1S/C20H27N7S.HI/c1-4-22-20(23-9-8-19-26-15(2)16(3)28-19)24-11-17-6-5-7-18(10-17)12-27-14-21-13-25-27;/h5-7,10,13-14H,4,8-9,11-12H2,1-3H3,(H2,22,23,24);1H. The lowest BCUT2D eigenvalue weighted by molar-refractivity contribution is 0.684. The van der Waals surface area contributed by atoms with E-state index in [4.69, 9.17) is 4.99 Å². The molecule has 2 aromatic heterocycles. The summed E-state index contributed by atoms with van der Waals surface area (Å²) >= 11 is 1.77. The Balaban J connectivity index is 0.00000300. The molecule has 0 atom stereocenters. The van der Waals surface area contributed by atoms with Gasteiger partial charge in [0, 0.05) is 24.4 Å². The predicted octanol–water partition coefficient (Wildman–Crippen LogP) is 3.32. The summed E-state index contributed by atoms with van der Waals surface area (Å²) in [5.41, 5.74) is 3.48. The van der Waals surface area contributed by atoms with Gasteiger partial charge in [-0.1, -0.05) is 24.3 Å². The second-order valence-electron chi connectivity index (χ2n) is 6.53. The van der Waals surface area contributed by atoms with Crippen LogP contribution in [0.3, 0.4) is 0 Å². The van der Waals surface area contributed by atoms with Crippen molar-refractivity contribution in [3.8, 4) is 0 Å². The van der Waals surface area contributed by atoms with Gasteiger partial charge in [0.1, 0.15) is 12.7 Å². The van der Waals surface area contributed by atoms with Crippen molar-refractivity contribution in [1.82, 2.24) is 30.4 Å². The van der Waals surface area contributed by atoms with E-state index < -0.39 is 0 Å². The van der Waals surface area contributed by atoms with Crippen LogP contribution in [0, 0.1) is 13.8 Å². The van der Waals surface area contributed by atoms with Gasteiger partial charge in [-0.25, -0.2) is 19.6 Å². The number of thiazole rings is 1. The molecule has 0 spiro atoms. The van der Waals surface area contributed by atoms with E-state index in [1.807, 2.05) is 4.68 Å². The summed E-state index contributed by atoms with van der Waals surface area (Å²) in [7, 11) is 0. The Kier molecular flexibility index (Phi) is 9.52. The number of aliphatic imine (C=N–C) groups is 1. The second-order valence-corrected chi connectivity index (χ2v) is 7.82. The summed E-state index contributed by atoms with van der Waals surface area (Å²) in [5.74, 6) is 0.828. The summed E-state index contributed by atoms with van der Waals surface area (Å²) in [6, 6.07) is 8.41. The third-order valence-corrected chi connectivity index (χ3v) is 5.40. The van der Waals surface area contributed by atoms with Crippen LogP contribution in [-0.2, 0) is 19.5 Å². The SMILES string of the molecule is CCNC(=NCc1cccc(Cn2cncn2)c1)NCCc1nc(C)c(C)s1.I. The zero-order valence-electron chi connectivity index (χ0n) is 17.1. The van der Waals surface area contributed by atoms with Gasteiger partial charge in [-0.2, -0.15) is 5.10 Å². The van der Waals surface area contributed by atoms with Crippen LogP contribution >= 0.6 is 35.3 Å². The molecule has 0 radical (unpaired) electrons. The predicted molar refractivity (Wildman–Crippen MR) is 129 cm³/mol. The molecule has 0 saturated carbocycles. The number of aryl methyl sites for hydroxylation is 2. The summed E-state index contributed by atoms with van der Waals surface area (Å²) in [6.45, 7) is 9.22. The zero-order valence-corrected chi connectivity index (χ0v) is 20.2. The van der Waals surface area contributed by atoms with Crippen molar-refractivity contribution in [2.45, 2.75) is 40.3 Å². The minimum absolute atomic E-state index is 0. The summed E-state index contributed by atoms with van der Waals surface area (Å²) in [5, 5.41) is 12.0. The van der Waals surface area contributed by atoms with Crippen LogP contribution in [-0.4, -0.2) is 38.8 Å². The molecule has 0 saturated heterocycles. The molecular formula is C20H28IN7S. The quantitative estimate of drug-likeness (QED) is 0.268. The fraction of sp³-hybridized carbons (Fsp3) is 0.400. The summed E-state index contributed by atoms with van der Waals surface area (Å²) in [6.07, 6.45) is 4.18. The van der Waals surface area contributed by atoms with Gasteiger partial charge in [-0.05, 0) is 31.9 Å². The summed E-state index contributed by atoms with van der Waals surface area (Å²) < 4.78 is 1.82. The molecule has 0 aliphatic rings. The summed E-state index contributed by atoms with van der Waals surface area (Å²) in [4.78, 5) is 14.6. The van der Waals surface area contributed by atoms with E-state index in [1.54, 1.807) is 24.0 Å². The van der Waals surface area contributed by atoms with Gasteiger partial charge in [0.15, 0.2) is 5.96 Å². The fourth-order valence-corrected chi connectivity index (χ4v) is 3.71. The third kappa shape index (κ3) is 7.39. The molecule has 0 bridgehead atoms. The third-order valence-electron chi connectivity index (χ3n) is 4.27. The van der Waals surface area contributed by atoms with Crippen molar-refractivity contribution >= 4 is 41.3 Å². The van der Waals surface area contributed by atoms with Gasteiger partial charge in [-0.3, -0.25) is 0 Å². The van der Waals surface area contributed by atoms with Crippen LogP contribution in [0.1, 0.15) is 33.6 Å². The van der Waals surface area contributed by atoms with Crippen molar-refractivity contribution in [3.63, 3.8) is 0 Å². The minimum atomic E-state index is 0. The van der Waals surface area contributed by atoms with E-state index >= 15 is 0 Å². The van der Waals surface area contributed by atoms with Crippen molar-refractivity contribution < 1.29 is 0 Å². The topological polar surface area (TPSA) is 80.0 Å². The van der Waals surface area contributed by atoms with Gasteiger partial charge < -0.3 is 10.6 Å². The number of hydrogen-bond acceptors (Lipinski definition) is 5. The average molecular weight is 525 g/mol. The largest absolute Gasteiger partial charge is 0.357 e. The maximum Gasteiger partial charge on any atom is 0.191 e. The number of benzene rings is 1. The molecule has 29 heavy (non-hydrogen) atoms. The molecule has 3 aromatic rings. The van der Waals surface area contributed by atoms with Crippen molar-refractivity contribution in [1.29, 1.82) is 0 Å². The molecule has 0 unspecified atom stereocenters. The van der Waals surface area contributed by atoms with E-state index in [2.05, 4.69) is 70.7 Å². The minimum Gasteiger partial charge on any atom is -0.357 e. The van der Waals surface area contributed by atoms with Crippen molar-refractivity contribution in [2.24, 2.45) is 4.99 Å². The normalized spacial score (nSPS) is 11.2. The van der Waals surface area contributed by atoms with E-state index in [0.717, 1.165) is 31.2 Å². The highest BCUT2D eigenvalue weighted by atomic mass is 127. The molecule has 0 amide bonds. The first-order valence-electron chi connectivity index (χ1n) is 9.49. The molecule has 0 aliphatic carbocycles. The Morgan fingerprint density at radius 2 is 2.03 bits per heavy atom. The fourth-order valence-electron chi connectivity index (χ4n) is 2.77. The van der Waals surface area contributed by atoms with E-state index in [-0.39, 0.29) is 24.0 Å². The number of rotatable bonds is 8. The lowest BCUT2D eigenvalue weighted by Gasteiger charge is -2.11. The Morgan fingerprint density at radius 3 is 2.72 bits per heavy atom. The first kappa shape index (κ1) is 23.3. The van der Waals surface area contributed by atoms with Crippen LogP contribution in [0.5, 0.6) is 0 Å². The molecule has 1 aromatic carbocycles. The number of nitrogens with one attached hydrogen (secondary N) is 2. The van der Waals surface area contributed by atoms with Gasteiger partial charge in [0.05, 0.1) is 23.8 Å². The van der Waals surface area contributed by atoms with E-state index in [1.165, 1.54) is 21.0 Å².